The number of benzene rings is 3. The molecule has 0 saturated carbocycles. The minimum absolute atomic E-state index is 0.0364. The largest absolute Gasteiger partial charge is 0.506 e. The molecule has 0 saturated heterocycles. The third kappa shape index (κ3) is 4.42. The Morgan fingerprint density at radius 2 is 1.69 bits per heavy atom. The zero-order valence-electron chi connectivity index (χ0n) is 19.3. The van der Waals surface area contributed by atoms with E-state index in [2.05, 4.69) is 45.4 Å². The molecule has 0 aliphatic carbocycles. The third-order valence-corrected chi connectivity index (χ3v) is 8.07. The van der Waals surface area contributed by atoms with E-state index in [4.69, 9.17) is 0 Å². The van der Waals surface area contributed by atoms with Crippen molar-refractivity contribution in [1.29, 1.82) is 0 Å². The lowest BCUT2D eigenvalue weighted by Crippen LogP contribution is -2.15. The van der Waals surface area contributed by atoms with E-state index in [0.717, 1.165) is 5.56 Å². The number of sulfonamides is 1. The summed E-state index contributed by atoms with van der Waals surface area (Å²) in [6, 6.07) is 15.6. The van der Waals surface area contributed by atoms with Gasteiger partial charge in [0.05, 0.1) is 21.8 Å². The van der Waals surface area contributed by atoms with Crippen LogP contribution in [0, 0.1) is 0 Å². The molecule has 3 N–H and O–H groups in total. The first-order valence-corrected chi connectivity index (χ1v) is 13.1. The fourth-order valence-electron chi connectivity index (χ4n) is 3.76. The second-order valence-corrected chi connectivity index (χ2v) is 11.8. The molecule has 0 bridgehead atoms. The SMILES string of the molecule is CC(C)(C)c1ccc(S(=O)(=O)Nc2cc(Sc3ncnc4nc[nH]c34)c(O)c3ccccc23)cc1. The minimum atomic E-state index is -3.88. The van der Waals surface area contributed by atoms with Gasteiger partial charge >= 0.3 is 0 Å². The van der Waals surface area contributed by atoms with Crippen LogP contribution in [0.1, 0.15) is 26.3 Å². The molecular weight excluding hydrogens is 482 g/mol. The number of anilines is 1. The second-order valence-electron chi connectivity index (χ2n) is 9.08. The second kappa shape index (κ2) is 8.54. The van der Waals surface area contributed by atoms with Gasteiger partial charge in [-0.15, -0.1) is 0 Å². The van der Waals surface area contributed by atoms with Crippen LogP contribution in [0.2, 0.25) is 0 Å². The molecular formula is C25H23N5O3S2. The van der Waals surface area contributed by atoms with Gasteiger partial charge in [0.1, 0.15) is 22.6 Å². The fraction of sp³-hybridized carbons (Fsp3) is 0.160. The highest BCUT2D eigenvalue weighted by Gasteiger charge is 2.21. The predicted molar refractivity (Wildman–Crippen MR) is 137 cm³/mol. The van der Waals surface area contributed by atoms with Crippen molar-refractivity contribution in [3.05, 3.63) is 72.8 Å². The van der Waals surface area contributed by atoms with E-state index < -0.39 is 10.0 Å². The summed E-state index contributed by atoms with van der Waals surface area (Å²) in [6.07, 6.45) is 2.92. The number of nitrogens with zero attached hydrogens (tertiary/aromatic N) is 3. The average Bonchev–Trinajstić information content (AvgIpc) is 3.31. The number of aromatic amines is 1. The standard InChI is InChI=1S/C25H23N5O3S2/c1-25(2,3)15-8-10-16(11-9-15)35(32,33)30-19-12-20(22(31)18-7-5-4-6-17(18)19)34-24-21-23(27-13-26-21)28-14-29-24/h4-14,30-31H,1-3H3,(H,26,27,28,29). The highest BCUT2D eigenvalue weighted by atomic mass is 32.2. The highest BCUT2D eigenvalue weighted by Crippen LogP contribution is 2.43. The number of aromatic hydroxyl groups is 1. The van der Waals surface area contributed by atoms with E-state index in [1.165, 1.54) is 24.4 Å². The molecule has 0 fully saturated rings. The molecule has 5 rings (SSSR count). The molecule has 2 heterocycles. The van der Waals surface area contributed by atoms with Gasteiger partial charge in [0, 0.05) is 10.8 Å². The van der Waals surface area contributed by atoms with Crippen LogP contribution in [0.4, 0.5) is 5.69 Å². The number of H-pyrrole nitrogens is 1. The van der Waals surface area contributed by atoms with Crippen LogP contribution >= 0.6 is 11.8 Å². The Balaban J connectivity index is 1.57. The van der Waals surface area contributed by atoms with Gasteiger partial charge in [-0.2, -0.15) is 0 Å². The quantitative estimate of drug-likeness (QED) is 0.214. The maximum absolute atomic E-state index is 13.3. The van der Waals surface area contributed by atoms with Crippen LogP contribution in [0.3, 0.4) is 0 Å². The van der Waals surface area contributed by atoms with Crippen molar-refractivity contribution < 1.29 is 13.5 Å². The van der Waals surface area contributed by atoms with E-state index in [9.17, 15) is 13.5 Å². The lowest BCUT2D eigenvalue weighted by atomic mass is 9.87. The molecule has 0 aliphatic rings. The van der Waals surface area contributed by atoms with Crippen LogP contribution in [-0.4, -0.2) is 33.5 Å². The van der Waals surface area contributed by atoms with Gasteiger partial charge in [-0.1, -0.05) is 68.9 Å². The lowest BCUT2D eigenvalue weighted by Gasteiger charge is -2.19. The Kier molecular flexibility index (Phi) is 5.65. The smallest absolute Gasteiger partial charge is 0.261 e. The maximum atomic E-state index is 13.3. The monoisotopic (exact) mass is 505 g/mol. The summed E-state index contributed by atoms with van der Waals surface area (Å²) < 4.78 is 29.3. The number of aromatic nitrogens is 4. The Morgan fingerprint density at radius 3 is 2.40 bits per heavy atom. The van der Waals surface area contributed by atoms with Gasteiger partial charge in [0.25, 0.3) is 10.0 Å². The Bertz CT molecular complexity index is 1660. The summed E-state index contributed by atoms with van der Waals surface area (Å²) in [4.78, 5) is 16.2. The number of hydrogen-bond acceptors (Lipinski definition) is 7. The minimum Gasteiger partial charge on any atom is -0.506 e. The van der Waals surface area contributed by atoms with Crippen molar-refractivity contribution in [3.63, 3.8) is 0 Å². The average molecular weight is 506 g/mol. The summed E-state index contributed by atoms with van der Waals surface area (Å²) in [5.74, 6) is 0.0364. The molecule has 0 unspecified atom stereocenters. The summed E-state index contributed by atoms with van der Waals surface area (Å²) in [5.41, 5.74) is 2.44. The predicted octanol–water partition coefficient (Wildman–Crippen LogP) is 5.46. The van der Waals surface area contributed by atoms with E-state index in [1.54, 1.807) is 42.5 Å². The van der Waals surface area contributed by atoms with Crippen LogP contribution in [0.15, 0.2) is 82.1 Å². The number of rotatable bonds is 5. The van der Waals surface area contributed by atoms with Crippen LogP contribution in [-0.2, 0) is 15.4 Å². The van der Waals surface area contributed by atoms with Gasteiger partial charge in [0.2, 0.25) is 0 Å². The summed E-state index contributed by atoms with van der Waals surface area (Å²) >= 11 is 1.20. The first-order chi connectivity index (χ1) is 16.6. The van der Waals surface area contributed by atoms with Gasteiger partial charge in [-0.3, -0.25) is 4.72 Å². The maximum Gasteiger partial charge on any atom is 0.261 e. The first-order valence-electron chi connectivity index (χ1n) is 10.8. The van der Waals surface area contributed by atoms with Gasteiger partial charge in [0.15, 0.2) is 5.65 Å². The summed E-state index contributed by atoms with van der Waals surface area (Å²) in [7, 11) is -3.88. The molecule has 35 heavy (non-hydrogen) atoms. The molecule has 5 aromatic rings. The molecule has 0 radical (unpaired) electrons. The molecule has 0 spiro atoms. The third-order valence-electron chi connectivity index (χ3n) is 5.65. The molecule has 3 aromatic carbocycles. The zero-order chi connectivity index (χ0) is 24.8. The zero-order valence-corrected chi connectivity index (χ0v) is 20.9. The van der Waals surface area contributed by atoms with Gasteiger partial charge in [-0.25, -0.2) is 23.4 Å². The summed E-state index contributed by atoms with van der Waals surface area (Å²) in [6.45, 7) is 6.22. The molecule has 8 nitrogen and oxygen atoms in total. The normalized spacial score (nSPS) is 12.3. The molecule has 2 aromatic heterocycles. The van der Waals surface area contributed by atoms with Crippen molar-refractivity contribution in [3.8, 4) is 5.75 Å². The Morgan fingerprint density at radius 1 is 0.971 bits per heavy atom. The van der Waals surface area contributed by atoms with Crippen molar-refractivity contribution in [2.75, 3.05) is 4.72 Å². The Labute approximate surface area is 206 Å². The number of fused-ring (bicyclic) bond motifs is 2. The molecule has 10 heteroatoms. The van der Waals surface area contributed by atoms with E-state index in [0.29, 0.717) is 37.5 Å². The topological polar surface area (TPSA) is 121 Å². The van der Waals surface area contributed by atoms with Crippen LogP contribution in [0.5, 0.6) is 5.75 Å². The number of hydrogen-bond donors (Lipinski definition) is 3. The van der Waals surface area contributed by atoms with E-state index in [1.807, 2.05) is 12.1 Å². The van der Waals surface area contributed by atoms with Crippen LogP contribution < -0.4 is 4.72 Å². The van der Waals surface area contributed by atoms with Crippen LogP contribution in [0.25, 0.3) is 21.9 Å². The molecule has 0 aliphatic heterocycles. The van der Waals surface area contributed by atoms with Gasteiger partial charge < -0.3 is 10.1 Å². The van der Waals surface area contributed by atoms with Crippen molar-refractivity contribution >= 4 is 49.4 Å². The van der Waals surface area contributed by atoms with Crippen molar-refractivity contribution in [2.45, 2.75) is 41.0 Å². The first kappa shape index (κ1) is 23.1. The summed E-state index contributed by atoms with van der Waals surface area (Å²) in [5, 5.41) is 12.7. The highest BCUT2D eigenvalue weighted by molar-refractivity contribution is 7.99. The van der Waals surface area contributed by atoms with E-state index >= 15 is 0 Å². The Hall–Kier alpha value is -3.63. The molecule has 0 atom stereocenters. The lowest BCUT2D eigenvalue weighted by molar-refractivity contribution is 0.469. The fourth-order valence-corrected chi connectivity index (χ4v) is 5.77. The number of imidazole rings is 1. The van der Waals surface area contributed by atoms with E-state index in [-0.39, 0.29) is 16.1 Å². The van der Waals surface area contributed by atoms with Crippen molar-refractivity contribution in [1.82, 2.24) is 19.9 Å². The van der Waals surface area contributed by atoms with Crippen molar-refractivity contribution in [2.24, 2.45) is 0 Å². The number of nitrogens with one attached hydrogen (secondary N) is 2. The molecule has 0 amide bonds. The number of phenolic OH excluding ortho intramolecular Hbond substituents is 1. The van der Waals surface area contributed by atoms with Gasteiger partial charge in [-0.05, 0) is 29.2 Å². The molecule has 178 valence electrons. The number of phenols is 1.